The Morgan fingerprint density at radius 3 is 2.78 bits per heavy atom. The molecule has 1 saturated heterocycles. The van der Waals surface area contributed by atoms with Crippen LogP contribution < -0.4 is 0 Å². The van der Waals surface area contributed by atoms with Crippen LogP contribution in [0.25, 0.3) is 11.0 Å². The van der Waals surface area contributed by atoms with Gasteiger partial charge in [0.2, 0.25) is 5.91 Å². The molecular weight excluding hydrogens is 362 g/mol. The average molecular weight is 380 g/mol. The molecule has 0 spiro atoms. The molecular formula is C17H18BrNO4. The predicted octanol–water partition coefficient (Wildman–Crippen LogP) is 4.45. The largest absolute Gasteiger partial charge is 0.461 e. The number of carbonyl (C=O) groups is 2. The van der Waals surface area contributed by atoms with Gasteiger partial charge in [0.25, 0.3) is 0 Å². The van der Waals surface area contributed by atoms with Crippen LogP contribution in [-0.2, 0) is 9.53 Å². The van der Waals surface area contributed by atoms with Gasteiger partial charge >= 0.3 is 6.09 Å². The Bertz CT molecular complexity index is 774. The molecule has 0 bridgehead atoms. The monoisotopic (exact) mass is 379 g/mol. The van der Waals surface area contributed by atoms with E-state index in [0.717, 1.165) is 21.2 Å². The lowest BCUT2D eigenvalue weighted by Gasteiger charge is -2.23. The molecule has 1 unspecified atom stereocenters. The molecule has 122 valence electrons. The number of hydrogen-bond acceptors (Lipinski definition) is 4. The number of hydrogen-bond donors (Lipinski definition) is 0. The van der Waals surface area contributed by atoms with E-state index in [4.69, 9.17) is 9.15 Å². The third kappa shape index (κ3) is 3.42. The first-order valence-corrected chi connectivity index (χ1v) is 8.24. The molecule has 1 aliphatic heterocycles. The molecule has 0 saturated carbocycles. The Labute approximate surface area is 142 Å². The van der Waals surface area contributed by atoms with Gasteiger partial charge in [-0.05, 0) is 45.0 Å². The van der Waals surface area contributed by atoms with Crippen LogP contribution in [0.3, 0.4) is 0 Å². The smallest absolute Gasteiger partial charge is 0.417 e. The summed E-state index contributed by atoms with van der Waals surface area (Å²) < 4.78 is 12.1. The molecule has 2 amide bonds. The second-order valence-corrected chi connectivity index (χ2v) is 7.63. The van der Waals surface area contributed by atoms with E-state index in [2.05, 4.69) is 15.9 Å². The van der Waals surface area contributed by atoms with E-state index in [9.17, 15) is 9.59 Å². The van der Waals surface area contributed by atoms with Crippen LogP contribution in [0.15, 0.2) is 33.2 Å². The van der Waals surface area contributed by atoms with Crippen molar-refractivity contribution in [3.63, 3.8) is 0 Å². The Balaban J connectivity index is 1.79. The predicted molar refractivity (Wildman–Crippen MR) is 89.2 cm³/mol. The molecule has 1 fully saturated rings. The number of carbonyl (C=O) groups excluding carboxylic acids is 2. The molecule has 1 aliphatic rings. The highest BCUT2D eigenvalue weighted by molar-refractivity contribution is 9.10. The van der Waals surface area contributed by atoms with Crippen molar-refractivity contribution in [2.45, 2.75) is 38.7 Å². The Morgan fingerprint density at radius 1 is 1.35 bits per heavy atom. The van der Waals surface area contributed by atoms with Gasteiger partial charge in [-0.3, -0.25) is 4.79 Å². The Morgan fingerprint density at radius 2 is 2.09 bits per heavy atom. The summed E-state index contributed by atoms with van der Waals surface area (Å²) in [5.41, 5.74) is 0.146. The molecule has 0 N–H and O–H groups in total. The summed E-state index contributed by atoms with van der Waals surface area (Å²) in [7, 11) is 0. The molecule has 5 nitrogen and oxygen atoms in total. The molecule has 1 atom stereocenters. The lowest BCUT2D eigenvalue weighted by atomic mass is 10.1. The lowest BCUT2D eigenvalue weighted by Crippen LogP contribution is -2.37. The van der Waals surface area contributed by atoms with Gasteiger partial charge in [-0.15, -0.1) is 0 Å². The standard InChI is InChI=1S/C17H18BrNO4/c1-17(2,3)23-16(21)19-9-11(8-15(19)20)14-7-10-6-12(18)4-5-13(10)22-14/h4-7,11H,8-9H2,1-3H3. The van der Waals surface area contributed by atoms with Crippen LogP contribution in [-0.4, -0.2) is 29.0 Å². The van der Waals surface area contributed by atoms with E-state index in [-0.39, 0.29) is 24.8 Å². The van der Waals surface area contributed by atoms with Crippen molar-refractivity contribution in [1.82, 2.24) is 4.90 Å². The molecule has 3 rings (SSSR count). The fourth-order valence-corrected chi connectivity index (χ4v) is 3.01. The number of nitrogens with zero attached hydrogens (tertiary/aromatic N) is 1. The zero-order valence-electron chi connectivity index (χ0n) is 13.3. The first-order chi connectivity index (χ1) is 10.7. The number of amides is 2. The number of imide groups is 1. The summed E-state index contributed by atoms with van der Waals surface area (Å²) in [5, 5.41) is 0.970. The number of benzene rings is 1. The molecule has 0 aliphatic carbocycles. The van der Waals surface area contributed by atoms with E-state index in [0.29, 0.717) is 0 Å². The van der Waals surface area contributed by atoms with E-state index < -0.39 is 11.7 Å². The maximum atomic E-state index is 12.1. The van der Waals surface area contributed by atoms with Gasteiger partial charge in [-0.25, -0.2) is 9.69 Å². The average Bonchev–Trinajstić information content (AvgIpc) is 2.99. The minimum Gasteiger partial charge on any atom is -0.461 e. The normalized spacial score (nSPS) is 18.7. The van der Waals surface area contributed by atoms with Crippen molar-refractivity contribution >= 4 is 38.9 Å². The molecule has 1 aromatic heterocycles. The summed E-state index contributed by atoms with van der Waals surface area (Å²) in [6.07, 6.45) is -0.343. The second kappa shape index (κ2) is 5.67. The highest BCUT2D eigenvalue weighted by atomic mass is 79.9. The van der Waals surface area contributed by atoms with Gasteiger partial charge in [0.1, 0.15) is 16.9 Å². The van der Waals surface area contributed by atoms with Crippen LogP contribution in [0.1, 0.15) is 38.9 Å². The molecule has 6 heteroatoms. The molecule has 23 heavy (non-hydrogen) atoms. The zero-order valence-corrected chi connectivity index (χ0v) is 14.8. The molecule has 1 aromatic carbocycles. The highest BCUT2D eigenvalue weighted by Crippen LogP contribution is 2.33. The molecule has 2 heterocycles. The van der Waals surface area contributed by atoms with Crippen molar-refractivity contribution in [3.05, 3.63) is 34.5 Å². The quantitative estimate of drug-likeness (QED) is 0.734. The molecule has 0 radical (unpaired) electrons. The minimum atomic E-state index is -0.624. The Hall–Kier alpha value is -1.82. The van der Waals surface area contributed by atoms with Crippen LogP contribution in [0.2, 0.25) is 0 Å². The summed E-state index contributed by atoms with van der Waals surface area (Å²) in [6.45, 7) is 5.62. The van der Waals surface area contributed by atoms with Crippen LogP contribution in [0.5, 0.6) is 0 Å². The van der Waals surface area contributed by atoms with Crippen molar-refractivity contribution in [2.24, 2.45) is 0 Å². The van der Waals surface area contributed by atoms with E-state index in [1.807, 2.05) is 24.3 Å². The number of halogens is 1. The van der Waals surface area contributed by atoms with E-state index in [1.54, 1.807) is 20.8 Å². The fourth-order valence-electron chi connectivity index (χ4n) is 2.63. The maximum absolute atomic E-state index is 12.1. The van der Waals surface area contributed by atoms with E-state index >= 15 is 0 Å². The molecule has 2 aromatic rings. The SMILES string of the molecule is CC(C)(C)OC(=O)N1CC(c2cc3cc(Br)ccc3o2)CC1=O. The first kappa shape index (κ1) is 16.1. The number of rotatable bonds is 1. The third-order valence-corrected chi connectivity index (χ3v) is 4.13. The van der Waals surface area contributed by atoms with E-state index in [1.165, 1.54) is 4.90 Å². The van der Waals surface area contributed by atoms with Crippen molar-refractivity contribution in [3.8, 4) is 0 Å². The van der Waals surface area contributed by atoms with Gasteiger partial charge in [-0.2, -0.15) is 0 Å². The maximum Gasteiger partial charge on any atom is 0.417 e. The summed E-state index contributed by atoms with van der Waals surface area (Å²) in [5.74, 6) is 0.351. The fraction of sp³-hybridized carbons (Fsp3) is 0.412. The summed E-state index contributed by atoms with van der Waals surface area (Å²) >= 11 is 3.43. The highest BCUT2D eigenvalue weighted by Gasteiger charge is 2.38. The number of furan rings is 1. The third-order valence-electron chi connectivity index (χ3n) is 3.64. The number of likely N-dealkylation sites (tertiary alicyclic amines) is 1. The van der Waals surface area contributed by atoms with Crippen LogP contribution in [0, 0.1) is 0 Å². The van der Waals surface area contributed by atoms with Crippen LogP contribution >= 0.6 is 15.9 Å². The first-order valence-electron chi connectivity index (χ1n) is 7.45. The van der Waals surface area contributed by atoms with Crippen molar-refractivity contribution < 1.29 is 18.7 Å². The summed E-state index contributed by atoms with van der Waals surface area (Å²) in [6, 6.07) is 7.68. The van der Waals surface area contributed by atoms with Crippen molar-refractivity contribution in [1.29, 1.82) is 0 Å². The Kier molecular flexibility index (Phi) is 3.96. The van der Waals surface area contributed by atoms with Gasteiger partial charge in [-0.1, -0.05) is 15.9 Å². The number of ether oxygens (including phenoxy) is 1. The zero-order chi connectivity index (χ0) is 16.8. The summed E-state index contributed by atoms with van der Waals surface area (Å²) in [4.78, 5) is 25.4. The second-order valence-electron chi connectivity index (χ2n) is 6.72. The van der Waals surface area contributed by atoms with Crippen molar-refractivity contribution in [2.75, 3.05) is 6.54 Å². The topological polar surface area (TPSA) is 59.8 Å². The number of fused-ring (bicyclic) bond motifs is 1. The van der Waals surface area contributed by atoms with Gasteiger partial charge in [0.05, 0.1) is 0 Å². The van der Waals surface area contributed by atoms with Gasteiger partial charge in [0, 0.05) is 28.7 Å². The van der Waals surface area contributed by atoms with Gasteiger partial charge in [0.15, 0.2) is 0 Å². The lowest BCUT2D eigenvalue weighted by molar-refractivity contribution is -0.127. The minimum absolute atomic E-state index is 0.138. The van der Waals surface area contributed by atoms with Crippen LogP contribution in [0.4, 0.5) is 4.79 Å². The van der Waals surface area contributed by atoms with Gasteiger partial charge < -0.3 is 9.15 Å².